The van der Waals surface area contributed by atoms with Gasteiger partial charge in [0, 0.05) is 19.4 Å². The van der Waals surface area contributed by atoms with Gasteiger partial charge in [-0.1, -0.05) is 30.3 Å². The number of carboxylic acid groups (broad SMARTS) is 1. The van der Waals surface area contributed by atoms with Gasteiger partial charge in [0.05, 0.1) is 0 Å². The first-order valence-corrected chi connectivity index (χ1v) is 5.98. The topological polar surface area (TPSA) is 88.2 Å². The van der Waals surface area contributed by atoms with E-state index >= 15 is 0 Å². The largest absolute Gasteiger partial charge is 0.479 e. The van der Waals surface area contributed by atoms with Crippen LogP contribution in [0.1, 0.15) is 17.8 Å². The summed E-state index contributed by atoms with van der Waals surface area (Å²) in [6, 6.07) is 9.82. The Hall–Kier alpha value is -2.21. The lowest BCUT2D eigenvalue weighted by atomic mass is 10.1. The summed E-state index contributed by atoms with van der Waals surface area (Å²) in [7, 11) is 0. The highest BCUT2D eigenvalue weighted by molar-refractivity contribution is 5.71. The summed E-state index contributed by atoms with van der Waals surface area (Å²) in [4.78, 5) is 10.5. The number of aliphatic carboxylic acids is 1. The van der Waals surface area contributed by atoms with Gasteiger partial charge in [0.15, 0.2) is 6.10 Å². The third kappa shape index (κ3) is 3.62. The molecule has 0 aliphatic heterocycles. The van der Waals surface area contributed by atoms with E-state index in [0.717, 1.165) is 11.4 Å². The number of hydrogen-bond acceptors (Lipinski definition) is 4. The summed E-state index contributed by atoms with van der Waals surface area (Å²) in [6.45, 7) is 0.378. The molecule has 6 heteroatoms. The molecule has 2 aromatic rings. The lowest BCUT2D eigenvalue weighted by Gasteiger charge is -2.08. The van der Waals surface area contributed by atoms with Crippen molar-refractivity contribution in [3.05, 3.63) is 48.0 Å². The second kappa shape index (κ2) is 6.10. The van der Waals surface area contributed by atoms with Crippen molar-refractivity contribution < 1.29 is 15.0 Å². The highest BCUT2D eigenvalue weighted by Crippen LogP contribution is 2.08. The van der Waals surface area contributed by atoms with Crippen molar-refractivity contribution in [2.45, 2.75) is 25.5 Å². The standard InChI is InChI=1S/C13H15N3O3/c17-11(13(18)19)6-7-16-9-14-15-12(16)8-10-4-2-1-3-5-10/h1-5,9,11,17H,6-8H2,(H,18,19). The predicted octanol–water partition coefficient (Wildman–Crippen LogP) is 0.704. The first-order valence-electron chi connectivity index (χ1n) is 5.98. The fraction of sp³-hybridized carbons (Fsp3) is 0.308. The number of benzene rings is 1. The summed E-state index contributed by atoms with van der Waals surface area (Å²) < 4.78 is 1.76. The van der Waals surface area contributed by atoms with Crippen LogP contribution in [0, 0.1) is 0 Å². The Labute approximate surface area is 110 Å². The third-order valence-corrected chi connectivity index (χ3v) is 2.83. The quantitative estimate of drug-likeness (QED) is 0.799. The van der Waals surface area contributed by atoms with Gasteiger partial charge in [-0.2, -0.15) is 0 Å². The number of aliphatic hydroxyl groups excluding tert-OH is 1. The molecule has 0 saturated carbocycles. The molecule has 0 bridgehead atoms. The zero-order valence-electron chi connectivity index (χ0n) is 10.3. The molecule has 100 valence electrons. The van der Waals surface area contributed by atoms with Crippen LogP contribution in [-0.2, 0) is 17.8 Å². The van der Waals surface area contributed by atoms with Crippen molar-refractivity contribution >= 4 is 5.97 Å². The van der Waals surface area contributed by atoms with Crippen LogP contribution < -0.4 is 0 Å². The summed E-state index contributed by atoms with van der Waals surface area (Å²) in [5.74, 6) is -0.457. The van der Waals surface area contributed by atoms with E-state index in [9.17, 15) is 9.90 Å². The normalized spacial score (nSPS) is 12.3. The van der Waals surface area contributed by atoms with Gasteiger partial charge in [0.25, 0.3) is 0 Å². The minimum absolute atomic E-state index is 0.134. The number of aliphatic hydroxyl groups is 1. The van der Waals surface area contributed by atoms with Crippen LogP contribution >= 0.6 is 0 Å². The average Bonchev–Trinajstić information content (AvgIpc) is 2.84. The van der Waals surface area contributed by atoms with Crippen molar-refractivity contribution in [2.24, 2.45) is 0 Å². The number of hydrogen-bond donors (Lipinski definition) is 2. The fourth-order valence-electron chi connectivity index (χ4n) is 1.77. The average molecular weight is 261 g/mol. The van der Waals surface area contributed by atoms with E-state index in [0.29, 0.717) is 13.0 Å². The summed E-state index contributed by atoms with van der Waals surface area (Å²) in [5, 5.41) is 25.7. The highest BCUT2D eigenvalue weighted by Gasteiger charge is 2.14. The Balaban J connectivity index is 2.00. The fourth-order valence-corrected chi connectivity index (χ4v) is 1.77. The van der Waals surface area contributed by atoms with Crippen LogP contribution in [0.15, 0.2) is 36.7 Å². The molecule has 0 aliphatic rings. The second-order valence-corrected chi connectivity index (χ2v) is 4.25. The van der Waals surface area contributed by atoms with Crippen LogP contribution in [0.25, 0.3) is 0 Å². The monoisotopic (exact) mass is 261 g/mol. The molecule has 0 aliphatic carbocycles. The molecular weight excluding hydrogens is 246 g/mol. The summed E-state index contributed by atoms with van der Waals surface area (Å²) >= 11 is 0. The first-order chi connectivity index (χ1) is 9.16. The molecule has 2 rings (SSSR count). The Kier molecular flexibility index (Phi) is 4.25. The number of aromatic nitrogens is 3. The van der Waals surface area contributed by atoms with Gasteiger partial charge < -0.3 is 14.8 Å². The number of carboxylic acids is 1. The van der Waals surface area contributed by atoms with Gasteiger partial charge in [-0.3, -0.25) is 0 Å². The van der Waals surface area contributed by atoms with Gasteiger partial charge in [-0.15, -0.1) is 10.2 Å². The molecular formula is C13H15N3O3. The van der Waals surface area contributed by atoms with Gasteiger partial charge >= 0.3 is 5.97 Å². The zero-order valence-corrected chi connectivity index (χ0v) is 10.3. The van der Waals surface area contributed by atoms with E-state index < -0.39 is 12.1 Å². The van der Waals surface area contributed by atoms with Gasteiger partial charge in [0.2, 0.25) is 0 Å². The maximum absolute atomic E-state index is 10.5. The summed E-state index contributed by atoms with van der Waals surface area (Å²) in [6.07, 6.45) is 0.957. The van der Waals surface area contributed by atoms with Gasteiger partial charge in [-0.05, 0) is 5.56 Å². The SMILES string of the molecule is O=C(O)C(O)CCn1cnnc1Cc1ccccc1. The van der Waals surface area contributed by atoms with Crippen LogP contribution in [-0.4, -0.2) is 37.1 Å². The number of carbonyl (C=O) groups is 1. The molecule has 1 unspecified atom stereocenters. The maximum atomic E-state index is 10.5. The lowest BCUT2D eigenvalue weighted by Crippen LogP contribution is -2.21. The zero-order chi connectivity index (χ0) is 13.7. The molecule has 1 atom stereocenters. The molecule has 1 aromatic heterocycles. The second-order valence-electron chi connectivity index (χ2n) is 4.25. The Morgan fingerprint density at radius 3 is 2.74 bits per heavy atom. The van der Waals surface area contributed by atoms with Gasteiger partial charge in [0.1, 0.15) is 12.2 Å². The van der Waals surface area contributed by atoms with Crippen LogP contribution in [0.3, 0.4) is 0 Å². The van der Waals surface area contributed by atoms with E-state index in [2.05, 4.69) is 10.2 Å². The van der Waals surface area contributed by atoms with E-state index in [1.807, 2.05) is 30.3 Å². The Morgan fingerprint density at radius 1 is 1.32 bits per heavy atom. The van der Waals surface area contributed by atoms with E-state index in [1.54, 1.807) is 10.9 Å². The first kappa shape index (κ1) is 13.2. The molecule has 0 fully saturated rings. The van der Waals surface area contributed by atoms with E-state index in [-0.39, 0.29) is 6.42 Å². The number of rotatable bonds is 6. The minimum atomic E-state index is -1.35. The molecule has 0 amide bonds. The van der Waals surface area contributed by atoms with E-state index in [4.69, 9.17) is 5.11 Å². The molecule has 0 saturated heterocycles. The van der Waals surface area contributed by atoms with E-state index in [1.165, 1.54) is 0 Å². The summed E-state index contributed by atoms with van der Waals surface area (Å²) in [5.41, 5.74) is 1.11. The number of aryl methyl sites for hydroxylation is 1. The Bertz CT molecular complexity index is 539. The molecule has 19 heavy (non-hydrogen) atoms. The van der Waals surface area contributed by atoms with Crippen molar-refractivity contribution in [3.8, 4) is 0 Å². The maximum Gasteiger partial charge on any atom is 0.332 e. The van der Waals surface area contributed by atoms with Crippen LogP contribution in [0.5, 0.6) is 0 Å². The van der Waals surface area contributed by atoms with Gasteiger partial charge in [-0.25, -0.2) is 4.79 Å². The molecule has 1 aromatic carbocycles. The molecule has 6 nitrogen and oxygen atoms in total. The molecule has 1 heterocycles. The highest BCUT2D eigenvalue weighted by atomic mass is 16.4. The van der Waals surface area contributed by atoms with Crippen molar-refractivity contribution in [1.82, 2.24) is 14.8 Å². The predicted molar refractivity (Wildman–Crippen MR) is 67.5 cm³/mol. The minimum Gasteiger partial charge on any atom is -0.479 e. The molecule has 0 radical (unpaired) electrons. The third-order valence-electron chi connectivity index (χ3n) is 2.83. The molecule has 0 spiro atoms. The smallest absolute Gasteiger partial charge is 0.332 e. The lowest BCUT2D eigenvalue weighted by molar-refractivity contribution is -0.147. The molecule has 2 N–H and O–H groups in total. The van der Waals surface area contributed by atoms with Crippen LogP contribution in [0.4, 0.5) is 0 Å². The number of nitrogens with zero attached hydrogens (tertiary/aromatic N) is 3. The van der Waals surface area contributed by atoms with Crippen LogP contribution in [0.2, 0.25) is 0 Å². The van der Waals surface area contributed by atoms with Crippen molar-refractivity contribution in [1.29, 1.82) is 0 Å². The Morgan fingerprint density at radius 2 is 2.05 bits per heavy atom. The van der Waals surface area contributed by atoms with Crippen molar-refractivity contribution in [3.63, 3.8) is 0 Å². The van der Waals surface area contributed by atoms with Crippen molar-refractivity contribution in [2.75, 3.05) is 0 Å².